The Morgan fingerprint density at radius 2 is 1.68 bits per heavy atom. The SMILES string of the molecule is CCCCc1ccc(-n2nnnc2SCC(=O)N2CCN(C(=O)Nc3ccccc3)CC2)cc1. The molecule has 1 N–H and O–H groups in total. The molecule has 3 aromatic rings. The van der Waals surface area contributed by atoms with Gasteiger partial charge in [-0.25, -0.2) is 4.79 Å². The number of urea groups is 1. The summed E-state index contributed by atoms with van der Waals surface area (Å²) in [6.45, 7) is 4.19. The summed E-state index contributed by atoms with van der Waals surface area (Å²) >= 11 is 1.32. The number of aryl methyl sites for hydroxylation is 1. The van der Waals surface area contributed by atoms with Crippen molar-refractivity contribution < 1.29 is 9.59 Å². The maximum Gasteiger partial charge on any atom is 0.321 e. The van der Waals surface area contributed by atoms with Crippen LogP contribution in [-0.4, -0.2) is 73.9 Å². The van der Waals surface area contributed by atoms with Crippen molar-refractivity contribution >= 4 is 29.4 Å². The number of nitrogens with one attached hydrogen (secondary N) is 1. The molecule has 1 aliphatic rings. The number of benzene rings is 2. The van der Waals surface area contributed by atoms with Crippen molar-refractivity contribution in [3.63, 3.8) is 0 Å². The Balaban J connectivity index is 1.26. The molecule has 0 saturated carbocycles. The molecule has 10 heteroatoms. The van der Waals surface area contributed by atoms with Crippen LogP contribution >= 0.6 is 11.8 Å². The maximum absolute atomic E-state index is 12.8. The van der Waals surface area contributed by atoms with Gasteiger partial charge in [-0.2, -0.15) is 4.68 Å². The number of carbonyl (C=O) groups excluding carboxylic acids is 2. The summed E-state index contributed by atoms with van der Waals surface area (Å²) in [6.07, 6.45) is 3.39. The van der Waals surface area contributed by atoms with Crippen molar-refractivity contribution in [1.29, 1.82) is 0 Å². The lowest BCUT2D eigenvalue weighted by Gasteiger charge is -2.34. The van der Waals surface area contributed by atoms with Gasteiger partial charge in [0, 0.05) is 31.9 Å². The molecular weight excluding hydrogens is 450 g/mol. The van der Waals surface area contributed by atoms with E-state index in [9.17, 15) is 9.59 Å². The number of carbonyl (C=O) groups is 2. The minimum Gasteiger partial charge on any atom is -0.338 e. The molecule has 4 rings (SSSR count). The van der Waals surface area contributed by atoms with E-state index in [1.165, 1.54) is 30.2 Å². The summed E-state index contributed by atoms with van der Waals surface area (Å²) in [6, 6.07) is 17.4. The van der Waals surface area contributed by atoms with E-state index in [2.05, 4.69) is 39.9 Å². The number of aromatic nitrogens is 4. The quantitative estimate of drug-likeness (QED) is 0.497. The molecule has 0 radical (unpaired) electrons. The maximum atomic E-state index is 12.8. The molecule has 1 fully saturated rings. The molecule has 178 valence electrons. The zero-order chi connectivity index (χ0) is 23.8. The molecule has 1 saturated heterocycles. The second-order valence-corrected chi connectivity index (χ2v) is 9.04. The number of hydrogen-bond acceptors (Lipinski definition) is 6. The Bertz CT molecular complexity index is 1080. The van der Waals surface area contributed by atoms with E-state index in [-0.39, 0.29) is 17.7 Å². The van der Waals surface area contributed by atoms with Crippen molar-refractivity contribution in [2.45, 2.75) is 31.3 Å². The lowest BCUT2D eigenvalue weighted by atomic mass is 10.1. The van der Waals surface area contributed by atoms with Crippen LogP contribution in [0, 0.1) is 0 Å². The Morgan fingerprint density at radius 1 is 0.971 bits per heavy atom. The highest BCUT2D eigenvalue weighted by molar-refractivity contribution is 7.99. The van der Waals surface area contributed by atoms with Crippen LogP contribution in [0.15, 0.2) is 59.8 Å². The van der Waals surface area contributed by atoms with Crippen LogP contribution in [0.4, 0.5) is 10.5 Å². The molecule has 34 heavy (non-hydrogen) atoms. The molecule has 0 aliphatic carbocycles. The molecule has 0 unspecified atom stereocenters. The summed E-state index contributed by atoms with van der Waals surface area (Å²) in [5.74, 6) is 0.253. The first kappa shape index (κ1) is 23.7. The fraction of sp³-hybridized carbons (Fsp3) is 0.375. The van der Waals surface area contributed by atoms with Gasteiger partial charge in [0.2, 0.25) is 11.1 Å². The molecular formula is C24H29N7O2S. The average Bonchev–Trinajstić information content (AvgIpc) is 3.35. The lowest BCUT2D eigenvalue weighted by molar-refractivity contribution is -0.129. The standard InChI is InChI=1S/C24H29N7O2S/c1-2-3-7-19-10-12-21(13-11-19)31-24(26-27-28-31)34-18-22(32)29-14-16-30(17-15-29)23(33)25-20-8-5-4-6-9-20/h4-6,8-13H,2-3,7,14-18H2,1H3,(H,25,33). The number of tetrazole rings is 1. The van der Waals surface area contributed by atoms with Crippen LogP contribution in [0.1, 0.15) is 25.3 Å². The van der Waals surface area contributed by atoms with Gasteiger partial charge in [0.05, 0.1) is 11.4 Å². The van der Waals surface area contributed by atoms with Crippen molar-refractivity contribution in [1.82, 2.24) is 30.0 Å². The van der Waals surface area contributed by atoms with Gasteiger partial charge in [0.25, 0.3) is 0 Å². The number of piperazine rings is 1. The van der Waals surface area contributed by atoms with Gasteiger partial charge < -0.3 is 15.1 Å². The second kappa shape index (κ2) is 11.6. The first-order valence-corrected chi connectivity index (χ1v) is 12.5. The predicted molar refractivity (Wildman–Crippen MR) is 132 cm³/mol. The zero-order valence-corrected chi connectivity index (χ0v) is 20.1. The highest BCUT2D eigenvalue weighted by Gasteiger charge is 2.24. The predicted octanol–water partition coefficient (Wildman–Crippen LogP) is 3.47. The van der Waals surface area contributed by atoms with E-state index in [0.717, 1.165) is 17.8 Å². The highest BCUT2D eigenvalue weighted by Crippen LogP contribution is 2.20. The number of anilines is 1. The Hall–Kier alpha value is -3.40. The first-order chi connectivity index (χ1) is 16.6. The van der Waals surface area contributed by atoms with Crippen LogP contribution < -0.4 is 5.32 Å². The summed E-state index contributed by atoms with van der Waals surface area (Å²) in [5.41, 5.74) is 2.92. The van der Waals surface area contributed by atoms with E-state index in [0.29, 0.717) is 31.3 Å². The van der Waals surface area contributed by atoms with Gasteiger partial charge in [-0.05, 0) is 53.1 Å². The van der Waals surface area contributed by atoms with E-state index < -0.39 is 0 Å². The third kappa shape index (κ3) is 6.13. The second-order valence-electron chi connectivity index (χ2n) is 8.10. The summed E-state index contributed by atoms with van der Waals surface area (Å²) < 4.78 is 1.66. The Morgan fingerprint density at radius 3 is 2.38 bits per heavy atom. The molecule has 2 heterocycles. The summed E-state index contributed by atoms with van der Waals surface area (Å²) in [7, 11) is 0. The third-order valence-corrected chi connectivity index (χ3v) is 6.61. The molecule has 1 aromatic heterocycles. The van der Waals surface area contributed by atoms with Crippen molar-refractivity contribution in [2.24, 2.45) is 0 Å². The van der Waals surface area contributed by atoms with Crippen LogP contribution in [0.2, 0.25) is 0 Å². The van der Waals surface area contributed by atoms with Gasteiger partial charge in [-0.3, -0.25) is 4.79 Å². The Labute approximate surface area is 203 Å². The normalized spacial score (nSPS) is 13.7. The minimum atomic E-state index is -0.146. The molecule has 0 spiro atoms. The molecule has 1 aliphatic heterocycles. The van der Waals surface area contributed by atoms with Gasteiger partial charge in [-0.15, -0.1) is 5.10 Å². The fourth-order valence-electron chi connectivity index (χ4n) is 3.72. The number of hydrogen-bond donors (Lipinski definition) is 1. The van der Waals surface area contributed by atoms with Crippen LogP contribution in [-0.2, 0) is 11.2 Å². The van der Waals surface area contributed by atoms with Gasteiger partial charge in [0.1, 0.15) is 0 Å². The summed E-state index contributed by atoms with van der Waals surface area (Å²) in [4.78, 5) is 28.7. The smallest absolute Gasteiger partial charge is 0.321 e. The van der Waals surface area contributed by atoms with Gasteiger partial charge in [0.15, 0.2) is 0 Å². The minimum absolute atomic E-state index is 0.0116. The number of para-hydroxylation sites is 1. The molecule has 9 nitrogen and oxygen atoms in total. The van der Waals surface area contributed by atoms with E-state index in [1.54, 1.807) is 14.5 Å². The number of rotatable bonds is 8. The van der Waals surface area contributed by atoms with Crippen molar-refractivity contribution in [2.75, 3.05) is 37.2 Å². The molecule has 2 aromatic carbocycles. The van der Waals surface area contributed by atoms with E-state index in [4.69, 9.17) is 0 Å². The summed E-state index contributed by atoms with van der Waals surface area (Å²) in [5, 5.41) is 15.4. The van der Waals surface area contributed by atoms with Crippen LogP contribution in [0.3, 0.4) is 0 Å². The monoisotopic (exact) mass is 479 g/mol. The van der Waals surface area contributed by atoms with Crippen LogP contribution in [0.25, 0.3) is 5.69 Å². The molecule has 0 atom stereocenters. The number of nitrogens with zero attached hydrogens (tertiary/aromatic N) is 6. The first-order valence-electron chi connectivity index (χ1n) is 11.5. The Kier molecular flexibility index (Phi) is 8.13. The van der Waals surface area contributed by atoms with Crippen molar-refractivity contribution in [3.8, 4) is 5.69 Å². The zero-order valence-electron chi connectivity index (χ0n) is 19.3. The molecule has 0 bridgehead atoms. The number of unbranched alkanes of at least 4 members (excludes halogenated alkanes) is 1. The molecule has 3 amide bonds. The topological polar surface area (TPSA) is 96.2 Å². The highest BCUT2D eigenvalue weighted by atomic mass is 32.2. The number of amides is 3. The van der Waals surface area contributed by atoms with Crippen molar-refractivity contribution in [3.05, 3.63) is 60.2 Å². The average molecular weight is 480 g/mol. The van der Waals surface area contributed by atoms with Gasteiger partial charge in [-0.1, -0.05) is 55.4 Å². The van der Waals surface area contributed by atoms with Crippen LogP contribution in [0.5, 0.6) is 0 Å². The largest absolute Gasteiger partial charge is 0.338 e. The lowest BCUT2D eigenvalue weighted by Crippen LogP contribution is -2.52. The fourth-order valence-corrected chi connectivity index (χ4v) is 4.51. The third-order valence-electron chi connectivity index (χ3n) is 5.71. The van der Waals surface area contributed by atoms with E-state index in [1.807, 2.05) is 42.5 Å². The number of thioether (sulfide) groups is 1. The van der Waals surface area contributed by atoms with E-state index >= 15 is 0 Å². The van der Waals surface area contributed by atoms with Gasteiger partial charge >= 0.3 is 6.03 Å².